The van der Waals surface area contributed by atoms with Gasteiger partial charge in [-0.25, -0.2) is 14.8 Å². The molecule has 3 aromatic heterocycles. The van der Waals surface area contributed by atoms with Gasteiger partial charge in [0.2, 0.25) is 0 Å². The van der Waals surface area contributed by atoms with Crippen molar-refractivity contribution in [3.63, 3.8) is 0 Å². The third-order valence-corrected chi connectivity index (χ3v) is 6.07. The second-order valence-corrected chi connectivity index (χ2v) is 9.84. The normalized spacial score (nSPS) is 15.2. The van der Waals surface area contributed by atoms with Gasteiger partial charge in [0.05, 0.1) is 11.7 Å². The summed E-state index contributed by atoms with van der Waals surface area (Å²) in [6.07, 6.45) is 3.41. The first-order chi connectivity index (χ1) is 16.2. The van der Waals surface area contributed by atoms with Crippen LogP contribution in [-0.4, -0.2) is 62.6 Å². The van der Waals surface area contributed by atoms with Gasteiger partial charge in [-0.15, -0.1) is 0 Å². The van der Waals surface area contributed by atoms with Crippen LogP contribution in [0.25, 0.3) is 33.1 Å². The zero-order valence-corrected chi connectivity index (χ0v) is 19.8. The first-order valence-corrected chi connectivity index (χ1v) is 11.6. The fraction of sp³-hybridized carbons (Fsp3) is 0.346. The molecule has 1 aliphatic heterocycles. The molecule has 8 nitrogen and oxygen atoms in total. The highest BCUT2D eigenvalue weighted by molar-refractivity contribution is 6.07. The lowest BCUT2D eigenvalue weighted by molar-refractivity contribution is 0.0139. The van der Waals surface area contributed by atoms with Gasteiger partial charge < -0.3 is 20.4 Å². The number of nitrogens with one attached hydrogen (secondary N) is 1. The summed E-state index contributed by atoms with van der Waals surface area (Å²) in [5.74, 6) is 0.495. The van der Waals surface area contributed by atoms with E-state index >= 15 is 0 Å². The number of anilines is 1. The van der Waals surface area contributed by atoms with Gasteiger partial charge in [0.25, 0.3) is 0 Å². The highest BCUT2D eigenvalue weighted by atomic mass is 16.6. The van der Waals surface area contributed by atoms with Crippen molar-refractivity contribution in [1.82, 2.24) is 24.8 Å². The van der Waals surface area contributed by atoms with Crippen LogP contribution in [0.3, 0.4) is 0 Å². The molecular formula is C26H30N6O2. The van der Waals surface area contributed by atoms with Crippen LogP contribution in [0.5, 0.6) is 0 Å². The number of piperazine rings is 1. The maximum atomic E-state index is 12.3. The third kappa shape index (κ3) is 4.68. The van der Waals surface area contributed by atoms with E-state index in [1.807, 2.05) is 33.0 Å². The van der Waals surface area contributed by atoms with Crippen molar-refractivity contribution >= 4 is 33.8 Å². The van der Waals surface area contributed by atoms with Crippen LogP contribution in [0.15, 0.2) is 48.8 Å². The van der Waals surface area contributed by atoms with E-state index in [9.17, 15) is 4.79 Å². The van der Waals surface area contributed by atoms with Gasteiger partial charge in [-0.2, -0.15) is 0 Å². The first-order valence-electron chi connectivity index (χ1n) is 11.6. The molecule has 34 heavy (non-hydrogen) atoms. The van der Waals surface area contributed by atoms with Crippen LogP contribution < -0.4 is 5.73 Å². The summed E-state index contributed by atoms with van der Waals surface area (Å²) in [6.45, 7) is 9.58. The molecule has 8 heteroatoms. The van der Waals surface area contributed by atoms with E-state index in [1.54, 1.807) is 11.1 Å². The molecule has 1 aliphatic rings. The van der Waals surface area contributed by atoms with Crippen LogP contribution in [0.4, 0.5) is 10.6 Å². The molecule has 0 radical (unpaired) electrons. The number of aromatic nitrogens is 3. The standard InChI is InChI=1S/C26H30N6O2/c1-26(2,3)34-25(33)32-10-8-31(9-11-32)16-17-4-6-18(7-5-17)19-12-21-20-13-23(27)28-15-22(20)30-24(21)29-14-19/h4-7,12-15H,8-11,16H2,1-3H3,(H2,27,28)(H,29,30). The third-order valence-electron chi connectivity index (χ3n) is 6.07. The molecule has 0 spiro atoms. The monoisotopic (exact) mass is 458 g/mol. The quantitative estimate of drug-likeness (QED) is 0.472. The lowest BCUT2D eigenvalue weighted by atomic mass is 10.0. The Labute approximate surface area is 198 Å². The first kappa shape index (κ1) is 22.2. The van der Waals surface area contributed by atoms with Crippen LogP contribution in [0, 0.1) is 0 Å². The van der Waals surface area contributed by atoms with E-state index in [4.69, 9.17) is 10.5 Å². The van der Waals surface area contributed by atoms with Gasteiger partial charge in [-0.05, 0) is 44.0 Å². The van der Waals surface area contributed by atoms with E-state index in [0.717, 1.165) is 52.7 Å². The summed E-state index contributed by atoms with van der Waals surface area (Å²) in [4.78, 5) is 28.5. The Morgan fingerprint density at radius 3 is 2.44 bits per heavy atom. The summed E-state index contributed by atoms with van der Waals surface area (Å²) in [6, 6.07) is 12.6. The van der Waals surface area contributed by atoms with Gasteiger partial charge in [0.15, 0.2) is 0 Å². The number of ether oxygens (including phenoxy) is 1. The summed E-state index contributed by atoms with van der Waals surface area (Å²) in [5, 5.41) is 2.06. The van der Waals surface area contributed by atoms with Gasteiger partial charge in [-0.3, -0.25) is 4.90 Å². The second kappa shape index (κ2) is 8.61. The highest BCUT2D eigenvalue weighted by Gasteiger charge is 2.25. The lowest BCUT2D eigenvalue weighted by Crippen LogP contribution is -2.49. The number of pyridine rings is 2. The maximum absolute atomic E-state index is 12.3. The Morgan fingerprint density at radius 1 is 1.00 bits per heavy atom. The van der Waals surface area contributed by atoms with Gasteiger partial charge in [-0.1, -0.05) is 24.3 Å². The van der Waals surface area contributed by atoms with Gasteiger partial charge in [0.1, 0.15) is 17.1 Å². The van der Waals surface area contributed by atoms with Crippen molar-refractivity contribution < 1.29 is 9.53 Å². The van der Waals surface area contributed by atoms with Crippen molar-refractivity contribution in [2.24, 2.45) is 0 Å². The van der Waals surface area contributed by atoms with Gasteiger partial charge in [0, 0.05) is 55.3 Å². The van der Waals surface area contributed by atoms with Crippen molar-refractivity contribution in [3.05, 3.63) is 54.4 Å². The number of hydrogen-bond donors (Lipinski definition) is 2. The number of amides is 1. The molecule has 1 aromatic carbocycles. The topological polar surface area (TPSA) is 100 Å². The molecule has 5 rings (SSSR count). The maximum Gasteiger partial charge on any atom is 0.410 e. The minimum absolute atomic E-state index is 0.226. The summed E-state index contributed by atoms with van der Waals surface area (Å²) >= 11 is 0. The van der Waals surface area contributed by atoms with Crippen LogP contribution in [0.1, 0.15) is 26.3 Å². The second-order valence-electron chi connectivity index (χ2n) is 9.84. The number of nitrogens with two attached hydrogens (primary N) is 1. The largest absolute Gasteiger partial charge is 0.444 e. The highest BCUT2D eigenvalue weighted by Crippen LogP contribution is 2.29. The fourth-order valence-electron chi connectivity index (χ4n) is 4.32. The minimum Gasteiger partial charge on any atom is -0.444 e. The number of nitrogens with zero attached hydrogens (tertiary/aromatic N) is 4. The van der Waals surface area contributed by atoms with E-state index in [1.165, 1.54) is 5.56 Å². The number of benzene rings is 1. The van der Waals surface area contributed by atoms with Crippen LogP contribution in [-0.2, 0) is 11.3 Å². The molecule has 4 aromatic rings. The van der Waals surface area contributed by atoms with E-state index in [2.05, 4.69) is 50.2 Å². The predicted octanol–water partition coefficient (Wildman–Crippen LogP) is 4.41. The van der Waals surface area contributed by atoms with Crippen molar-refractivity contribution in [1.29, 1.82) is 0 Å². The summed E-state index contributed by atoms with van der Waals surface area (Å²) in [7, 11) is 0. The van der Waals surface area contributed by atoms with Crippen LogP contribution >= 0.6 is 0 Å². The Balaban J connectivity index is 1.25. The Morgan fingerprint density at radius 2 is 1.74 bits per heavy atom. The molecule has 0 saturated carbocycles. The number of carbonyl (C=O) groups excluding carboxylic acids is 1. The average molecular weight is 459 g/mol. The molecular weight excluding hydrogens is 428 g/mol. The molecule has 0 aliphatic carbocycles. The molecule has 1 saturated heterocycles. The van der Waals surface area contributed by atoms with E-state index in [-0.39, 0.29) is 6.09 Å². The predicted molar refractivity (Wildman–Crippen MR) is 134 cm³/mol. The number of aromatic amines is 1. The SMILES string of the molecule is CC(C)(C)OC(=O)N1CCN(Cc2ccc(-c3cnc4[nH]c5cnc(N)cc5c4c3)cc2)CC1. The molecule has 3 N–H and O–H groups in total. The molecule has 4 heterocycles. The molecule has 0 atom stereocenters. The minimum atomic E-state index is -0.464. The van der Waals surface area contributed by atoms with Crippen molar-refractivity contribution in [2.75, 3.05) is 31.9 Å². The summed E-state index contributed by atoms with van der Waals surface area (Å²) in [5.41, 5.74) is 10.6. The van der Waals surface area contributed by atoms with Crippen molar-refractivity contribution in [3.8, 4) is 11.1 Å². The Kier molecular flexibility index (Phi) is 5.61. The number of rotatable bonds is 3. The Bertz CT molecular complexity index is 1330. The fourth-order valence-corrected chi connectivity index (χ4v) is 4.32. The van der Waals surface area contributed by atoms with Crippen molar-refractivity contribution in [2.45, 2.75) is 32.9 Å². The zero-order valence-electron chi connectivity index (χ0n) is 19.8. The summed E-state index contributed by atoms with van der Waals surface area (Å²) < 4.78 is 5.49. The van der Waals surface area contributed by atoms with Crippen LogP contribution in [0.2, 0.25) is 0 Å². The smallest absolute Gasteiger partial charge is 0.410 e. The molecule has 0 bridgehead atoms. The molecule has 1 amide bonds. The molecule has 0 unspecified atom stereocenters. The molecule has 1 fully saturated rings. The molecule has 176 valence electrons. The van der Waals surface area contributed by atoms with Gasteiger partial charge >= 0.3 is 6.09 Å². The number of nitrogen functional groups attached to an aromatic ring is 1. The number of H-pyrrole nitrogens is 1. The Hall–Kier alpha value is -3.65. The van der Waals surface area contributed by atoms with E-state index < -0.39 is 5.60 Å². The number of fused-ring (bicyclic) bond motifs is 3. The van der Waals surface area contributed by atoms with E-state index in [0.29, 0.717) is 18.9 Å². The lowest BCUT2D eigenvalue weighted by Gasteiger charge is -2.35. The average Bonchev–Trinajstić information content (AvgIpc) is 3.16. The number of hydrogen-bond acceptors (Lipinski definition) is 6. The zero-order chi connectivity index (χ0) is 23.9. The number of carbonyl (C=O) groups is 1.